The number of furan rings is 1. The molecule has 0 atom stereocenters. The van der Waals surface area contributed by atoms with E-state index in [9.17, 15) is 0 Å². The molecule has 3 aromatic rings. The average Bonchev–Trinajstić information content (AvgIpc) is 3.12. The molecule has 0 radical (unpaired) electrons. The lowest BCUT2D eigenvalue weighted by molar-refractivity contribution is 0.582. The maximum atomic E-state index is 5.35. The molecule has 2 aromatic heterocycles. The molecule has 0 saturated heterocycles. The van der Waals surface area contributed by atoms with E-state index in [1.54, 1.807) is 6.26 Å². The van der Waals surface area contributed by atoms with Crippen LogP contribution < -0.4 is 0 Å². The number of rotatable bonds is 2. The highest BCUT2D eigenvalue weighted by Gasteiger charge is 2.03. The molecule has 3 heteroatoms. The predicted molar refractivity (Wildman–Crippen MR) is 77.8 cm³/mol. The van der Waals surface area contributed by atoms with Gasteiger partial charge in [0.05, 0.1) is 6.26 Å². The van der Waals surface area contributed by atoms with E-state index in [2.05, 4.69) is 9.97 Å². The lowest BCUT2D eigenvalue weighted by atomic mass is 10.1. The Morgan fingerprint density at radius 3 is 2.21 bits per heavy atom. The SMILES string of the molecule is CC.Cc1cnc(-c2ccc(-c3ccco3)cc2)[nH]1. The molecular weight excluding hydrogens is 236 g/mol. The van der Waals surface area contributed by atoms with Crippen LogP contribution in [-0.4, -0.2) is 9.97 Å². The van der Waals surface area contributed by atoms with Crippen LogP contribution in [0.3, 0.4) is 0 Å². The van der Waals surface area contributed by atoms with E-state index >= 15 is 0 Å². The van der Waals surface area contributed by atoms with E-state index in [4.69, 9.17) is 4.42 Å². The summed E-state index contributed by atoms with van der Waals surface area (Å²) in [6.45, 7) is 5.99. The minimum atomic E-state index is 0.882. The fourth-order valence-electron chi connectivity index (χ4n) is 1.79. The van der Waals surface area contributed by atoms with Gasteiger partial charge in [-0.2, -0.15) is 0 Å². The molecule has 1 N–H and O–H groups in total. The van der Waals surface area contributed by atoms with Gasteiger partial charge in [0.25, 0.3) is 0 Å². The van der Waals surface area contributed by atoms with E-state index in [1.807, 2.05) is 63.4 Å². The van der Waals surface area contributed by atoms with Crippen molar-refractivity contribution in [1.82, 2.24) is 9.97 Å². The Kier molecular flexibility index (Phi) is 4.18. The van der Waals surface area contributed by atoms with Crippen LogP contribution in [0, 0.1) is 6.92 Å². The van der Waals surface area contributed by atoms with Gasteiger partial charge in [-0.15, -0.1) is 0 Å². The Bertz CT molecular complexity index is 607. The molecule has 1 aromatic carbocycles. The predicted octanol–water partition coefficient (Wildman–Crippen LogP) is 4.67. The molecule has 0 unspecified atom stereocenters. The molecule has 0 aliphatic heterocycles. The second-order valence-corrected chi connectivity index (χ2v) is 3.97. The first kappa shape index (κ1) is 13.1. The highest BCUT2D eigenvalue weighted by atomic mass is 16.3. The van der Waals surface area contributed by atoms with E-state index < -0.39 is 0 Å². The molecular formula is C16H18N2O. The number of aryl methyl sites for hydroxylation is 1. The minimum absolute atomic E-state index is 0.882. The molecule has 19 heavy (non-hydrogen) atoms. The second-order valence-electron chi connectivity index (χ2n) is 3.97. The lowest BCUT2D eigenvalue weighted by Crippen LogP contribution is -1.81. The maximum Gasteiger partial charge on any atom is 0.137 e. The van der Waals surface area contributed by atoms with Crippen molar-refractivity contribution in [2.45, 2.75) is 20.8 Å². The topological polar surface area (TPSA) is 41.8 Å². The number of aromatic nitrogens is 2. The van der Waals surface area contributed by atoms with Crippen LogP contribution >= 0.6 is 0 Å². The molecule has 3 nitrogen and oxygen atoms in total. The monoisotopic (exact) mass is 254 g/mol. The number of H-pyrrole nitrogens is 1. The van der Waals surface area contributed by atoms with Crippen LogP contribution in [0.2, 0.25) is 0 Å². The average molecular weight is 254 g/mol. The minimum Gasteiger partial charge on any atom is -0.464 e. The highest BCUT2D eigenvalue weighted by molar-refractivity contribution is 5.64. The van der Waals surface area contributed by atoms with Gasteiger partial charge in [0, 0.05) is 23.0 Å². The Morgan fingerprint density at radius 2 is 1.68 bits per heavy atom. The smallest absolute Gasteiger partial charge is 0.137 e. The highest BCUT2D eigenvalue weighted by Crippen LogP contribution is 2.23. The lowest BCUT2D eigenvalue weighted by Gasteiger charge is -1.99. The molecule has 2 heterocycles. The quantitative estimate of drug-likeness (QED) is 0.722. The number of benzene rings is 1. The van der Waals surface area contributed by atoms with Crippen molar-refractivity contribution >= 4 is 0 Å². The Balaban J connectivity index is 0.000000637. The summed E-state index contributed by atoms with van der Waals surface area (Å²) in [6, 6.07) is 12.0. The molecule has 3 rings (SSSR count). The summed E-state index contributed by atoms with van der Waals surface area (Å²) in [7, 11) is 0. The summed E-state index contributed by atoms with van der Waals surface area (Å²) >= 11 is 0. The van der Waals surface area contributed by atoms with Crippen LogP contribution in [0.25, 0.3) is 22.7 Å². The third-order valence-electron chi connectivity index (χ3n) is 2.67. The standard InChI is InChI=1S/C14H12N2O.C2H6/c1-10-9-15-14(16-10)12-6-4-11(5-7-12)13-3-2-8-17-13;1-2/h2-9H,1H3,(H,15,16);1-2H3. The van der Waals surface area contributed by atoms with E-state index in [1.165, 1.54) is 0 Å². The van der Waals surface area contributed by atoms with Crippen LogP contribution in [0.15, 0.2) is 53.3 Å². The third-order valence-corrected chi connectivity index (χ3v) is 2.67. The van der Waals surface area contributed by atoms with Gasteiger partial charge < -0.3 is 9.40 Å². The Labute approximate surface area is 113 Å². The van der Waals surface area contributed by atoms with Crippen molar-refractivity contribution in [3.63, 3.8) is 0 Å². The zero-order valence-electron chi connectivity index (χ0n) is 11.5. The normalized spacial score (nSPS) is 9.84. The van der Waals surface area contributed by atoms with E-state index in [0.29, 0.717) is 0 Å². The summed E-state index contributed by atoms with van der Waals surface area (Å²) in [5, 5.41) is 0. The molecule has 0 fully saturated rings. The first-order chi connectivity index (χ1) is 9.33. The van der Waals surface area contributed by atoms with Crippen LogP contribution in [0.5, 0.6) is 0 Å². The van der Waals surface area contributed by atoms with Gasteiger partial charge in [0.15, 0.2) is 0 Å². The van der Waals surface area contributed by atoms with Gasteiger partial charge in [-0.1, -0.05) is 38.1 Å². The fraction of sp³-hybridized carbons (Fsp3) is 0.188. The van der Waals surface area contributed by atoms with Crippen molar-refractivity contribution < 1.29 is 4.42 Å². The van der Waals surface area contributed by atoms with Crippen LogP contribution in [-0.2, 0) is 0 Å². The zero-order chi connectivity index (χ0) is 13.7. The number of hydrogen-bond acceptors (Lipinski definition) is 2. The third kappa shape index (κ3) is 2.94. The number of hydrogen-bond donors (Lipinski definition) is 1. The van der Waals surface area contributed by atoms with Gasteiger partial charge in [-0.25, -0.2) is 4.98 Å². The van der Waals surface area contributed by atoms with Gasteiger partial charge >= 0.3 is 0 Å². The Hall–Kier alpha value is -2.29. The summed E-state index contributed by atoms with van der Waals surface area (Å²) in [4.78, 5) is 7.51. The van der Waals surface area contributed by atoms with Crippen molar-refractivity contribution in [1.29, 1.82) is 0 Å². The van der Waals surface area contributed by atoms with Gasteiger partial charge in [-0.05, 0) is 19.1 Å². The van der Waals surface area contributed by atoms with Crippen molar-refractivity contribution in [3.05, 3.63) is 54.6 Å². The largest absolute Gasteiger partial charge is 0.464 e. The first-order valence-corrected chi connectivity index (χ1v) is 6.49. The summed E-state index contributed by atoms with van der Waals surface area (Å²) in [5.74, 6) is 1.78. The summed E-state index contributed by atoms with van der Waals surface area (Å²) in [5.41, 5.74) is 3.21. The molecule has 0 bridgehead atoms. The number of nitrogens with one attached hydrogen (secondary N) is 1. The molecule has 0 amide bonds. The van der Waals surface area contributed by atoms with Gasteiger partial charge in [-0.3, -0.25) is 0 Å². The Morgan fingerprint density at radius 1 is 1.00 bits per heavy atom. The van der Waals surface area contributed by atoms with E-state index in [0.717, 1.165) is 28.4 Å². The second kappa shape index (κ2) is 6.05. The maximum absolute atomic E-state index is 5.35. The number of nitrogens with zero attached hydrogens (tertiary/aromatic N) is 1. The van der Waals surface area contributed by atoms with Crippen LogP contribution in [0.1, 0.15) is 19.5 Å². The van der Waals surface area contributed by atoms with Crippen molar-refractivity contribution in [3.8, 4) is 22.7 Å². The van der Waals surface area contributed by atoms with Crippen molar-refractivity contribution in [2.24, 2.45) is 0 Å². The summed E-state index contributed by atoms with van der Waals surface area (Å²) in [6.07, 6.45) is 3.51. The number of aromatic amines is 1. The molecule has 0 aliphatic rings. The zero-order valence-corrected chi connectivity index (χ0v) is 11.5. The molecule has 0 spiro atoms. The van der Waals surface area contributed by atoms with Crippen molar-refractivity contribution in [2.75, 3.05) is 0 Å². The van der Waals surface area contributed by atoms with Crippen LogP contribution in [0.4, 0.5) is 0 Å². The summed E-state index contributed by atoms with van der Waals surface area (Å²) < 4.78 is 5.35. The molecule has 98 valence electrons. The first-order valence-electron chi connectivity index (χ1n) is 6.49. The number of imidazole rings is 1. The van der Waals surface area contributed by atoms with E-state index in [-0.39, 0.29) is 0 Å². The fourth-order valence-corrected chi connectivity index (χ4v) is 1.79. The molecule has 0 aliphatic carbocycles. The molecule has 0 saturated carbocycles. The van der Waals surface area contributed by atoms with Gasteiger partial charge in [0.2, 0.25) is 0 Å². The van der Waals surface area contributed by atoms with Gasteiger partial charge in [0.1, 0.15) is 11.6 Å².